The third kappa shape index (κ3) is 2.55. The third-order valence-electron chi connectivity index (χ3n) is 2.95. The van der Waals surface area contributed by atoms with Gasteiger partial charge in [0.05, 0.1) is 6.54 Å². The number of hydrogen-bond acceptors (Lipinski definition) is 4. The second-order valence-electron chi connectivity index (χ2n) is 4.29. The minimum absolute atomic E-state index is 0.579. The number of halogens is 1. The summed E-state index contributed by atoms with van der Waals surface area (Å²) in [5.41, 5.74) is 2.28. The quantitative estimate of drug-likeness (QED) is 0.782. The first-order valence-electron chi connectivity index (χ1n) is 5.91. The molecular weight excluding hydrogens is 278 g/mol. The van der Waals surface area contributed by atoms with Gasteiger partial charge in [0, 0.05) is 39.9 Å². The lowest BCUT2D eigenvalue weighted by molar-refractivity contribution is 1.18. The van der Waals surface area contributed by atoms with Gasteiger partial charge in [-0.05, 0) is 18.6 Å². The summed E-state index contributed by atoms with van der Waals surface area (Å²) >= 11 is 7.33. The molecule has 0 aliphatic rings. The van der Waals surface area contributed by atoms with Crippen LogP contribution in [0.4, 0.5) is 5.69 Å². The van der Waals surface area contributed by atoms with Gasteiger partial charge in [-0.15, -0.1) is 11.3 Å². The SMILES string of the molecule is Cc1cncc2cccc(NCc3cnc(Cl)s3)c12. The topological polar surface area (TPSA) is 37.8 Å². The Morgan fingerprint density at radius 3 is 2.95 bits per heavy atom. The van der Waals surface area contributed by atoms with Crippen molar-refractivity contribution in [3.8, 4) is 0 Å². The molecule has 1 aromatic carbocycles. The number of anilines is 1. The predicted molar refractivity (Wildman–Crippen MR) is 80.9 cm³/mol. The Bertz CT molecular complexity index is 718. The summed E-state index contributed by atoms with van der Waals surface area (Å²) in [5.74, 6) is 0. The molecule has 0 bridgehead atoms. The highest BCUT2D eigenvalue weighted by Crippen LogP contribution is 2.27. The van der Waals surface area contributed by atoms with Crippen molar-refractivity contribution in [2.75, 3.05) is 5.32 Å². The van der Waals surface area contributed by atoms with E-state index in [1.54, 1.807) is 6.20 Å². The van der Waals surface area contributed by atoms with Crippen LogP contribution in [-0.2, 0) is 6.54 Å². The number of hydrogen-bond donors (Lipinski definition) is 1. The Kier molecular flexibility index (Phi) is 3.36. The van der Waals surface area contributed by atoms with E-state index in [4.69, 9.17) is 11.6 Å². The Balaban J connectivity index is 1.92. The van der Waals surface area contributed by atoms with E-state index in [2.05, 4.69) is 34.3 Å². The standard InChI is InChI=1S/C14H12ClN3S/c1-9-5-16-6-10-3-2-4-12(13(9)10)17-7-11-8-18-14(15)19-11/h2-6,8,17H,7H2,1H3. The van der Waals surface area contributed by atoms with Crippen molar-refractivity contribution in [1.29, 1.82) is 0 Å². The number of rotatable bonds is 3. The highest BCUT2D eigenvalue weighted by molar-refractivity contribution is 7.15. The van der Waals surface area contributed by atoms with Crippen LogP contribution in [0.25, 0.3) is 10.8 Å². The van der Waals surface area contributed by atoms with Crippen LogP contribution in [0, 0.1) is 6.92 Å². The van der Waals surface area contributed by atoms with Gasteiger partial charge in [0.2, 0.25) is 0 Å². The first-order chi connectivity index (χ1) is 9.24. The maximum atomic E-state index is 5.83. The zero-order valence-corrected chi connectivity index (χ0v) is 11.9. The molecule has 96 valence electrons. The van der Waals surface area contributed by atoms with E-state index < -0.39 is 0 Å². The van der Waals surface area contributed by atoms with E-state index in [1.807, 2.05) is 18.5 Å². The van der Waals surface area contributed by atoms with Crippen LogP contribution >= 0.6 is 22.9 Å². The number of benzene rings is 1. The van der Waals surface area contributed by atoms with Gasteiger partial charge in [-0.3, -0.25) is 4.98 Å². The molecule has 3 aromatic rings. The number of aromatic nitrogens is 2. The van der Waals surface area contributed by atoms with Crippen molar-refractivity contribution < 1.29 is 0 Å². The van der Waals surface area contributed by atoms with E-state index in [1.165, 1.54) is 22.3 Å². The van der Waals surface area contributed by atoms with Crippen LogP contribution < -0.4 is 5.32 Å². The summed E-state index contributed by atoms with van der Waals surface area (Å²) in [7, 11) is 0. The van der Waals surface area contributed by atoms with Gasteiger partial charge in [-0.25, -0.2) is 4.98 Å². The molecule has 2 aromatic heterocycles. The van der Waals surface area contributed by atoms with Crippen LogP contribution in [0.2, 0.25) is 4.47 Å². The van der Waals surface area contributed by atoms with Gasteiger partial charge in [0.1, 0.15) is 0 Å². The zero-order valence-electron chi connectivity index (χ0n) is 10.4. The Morgan fingerprint density at radius 1 is 1.26 bits per heavy atom. The van der Waals surface area contributed by atoms with E-state index in [0.29, 0.717) is 4.47 Å². The van der Waals surface area contributed by atoms with Gasteiger partial charge in [0.15, 0.2) is 4.47 Å². The van der Waals surface area contributed by atoms with Gasteiger partial charge in [-0.1, -0.05) is 23.7 Å². The smallest absolute Gasteiger partial charge is 0.183 e. The molecule has 0 saturated heterocycles. The fraction of sp³-hybridized carbons (Fsp3) is 0.143. The largest absolute Gasteiger partial charge is 0.380 e. The number of nitrogens with zero attached hydrogens (tertiary/aromatic N) is 2. The molecule has 0 saturated carbocycles. The van der Waals surface area contributed by atoms with Crippen LogP contribution in [0.1, 0.15) is 10.4 Å². The average Bonchev–Trinajstić information content (AvgIpc) is 2.82. The predicted octanol–water partition coefficient (Wildman–Crippen LogP) is 4.27. The maximum Gasteiger partial charge on any atom is 0.183 e. The monoisotopic (exact) mass is 289 g/mol. The highest BCUT2D eigenvalue weighted by Gasteiger charge is 2.05. The normalized spacial score (nSPS) is 10.8. The molecule has 0 atom stereocenters. The minimum Gasteiger partial charge on any atom is -0.380 e. The van der Waals surface area contributed by atoms with Gasteiger partial charge < -0.3 is 5.32 Å². The molecule has 19 heavy (non-hydrogen) atoms. The minimum atomic E-state index is 0.579. The van der Waals surface area contributed by atoms with Crippen molar-refractivity contribution in [3.05, 3.63) is 51.7 Å². The number of fused-ring (bicyclic) bond motifs is 1. The van der Waals surface area contributed by atoms with Crippen LogP contribution in [0.3, 0.4) is 0 Å². The Labute approximate surface area is 120 Å². The molecule has 0 aliphatic carbocycles. The molecule has 2 heterocycles. The van der Waals surface area contributed by atoms with Crippen LogP contribution in [-0.4, -0.2) is 9.97 Å². The molecule has 0 fully saturated rings. The van der Waals surface area contributed by atoms with Gasteiger partial charge in [0.25, 0.3) is 0 Å². The fourth-order valence-corrected chi connectivity index (χ4v) is 3.02. The third-order valence-corrected chi connectivity index (χ3v) is 4.07. The van der Waals surface area contributed by atoms with E-state index >= 15 is 0 Å². The number of thiazole rings is 1. The highest BCUT2D eigenvalue weighted by atomic mass is 35.5. The lowest BCUT2D eigenvalue weighted by atomic mass is 10.1. The molecular formula is C14H12ClN3S. The molecule has 0 amide bonds. The fourth-order valence-electron chi connectivity index (χ4n) is 2.11. The van der Waals surface area contributed by atoms with E-state index in [9.17, 15) is 0 Å². The molecule has 1 N–H and O–H groups in total. The molecule has 0 unspecified atom stereocenters. The number of nitrogens with one attached hydrogen (secondary N) is 1. The summed E-state index contributed by atoms with van der Waals surface area (Å²) in [6.07, 6.45) is 5.58. The van der Waals surface area contributed by atoms with E-state index in [0.717, 1.165) is 22.5 Å². The first kappa shape index (κ1) is 12.4. The van der Waals surface area contributed by atoms with Crippen LogP contribution in [0.15, 0.2) is 36.8 Å². The lowest BCUT2D eigenvalue weighted by Gasteiger charge is -2.10. The summed E-state index contributed by atoms with van der Waals surface area (Å²) in [4.78, 5) is 9.38. The van der Waals surface area contributed by atoms with Crippen LogP contribution in [0.5, 0.6) is 0 Å². The summed E-state index contributed by atoms with van der Waals surface area (Å²) in [6, 6.07) is 6.19. The first-order valence-corrected chi connectivity index (χ1v) is 7.11. The van der Waals surface area contributed by atoms with Gasteiger partial charge in [-0.2, -0.15) is 0 Å². The maximum absolute atomic E-state index is 5.83. The lowest BCUT2D eigenvalue weighted by Crippen LogP contribution is -1.99. The van der Waals surface area contributed by atoms with Crippen molar-refractivity contribution in [2.45, 2.75) is 13.5 Å². The molecule has 0 radical (unpaired) electrons. The Hall–Kier alpha value is -1.65. The molecule has 3 rings (SSSR count). The summed E-state index contributed by atoms with van der Waals surface area (Å²) in [5, 5.41) is 5.80. The van der Waals surface area contributed by atoms with Crippen molar-refractivity contribution >= 4 is 39.4 Å². The molecule has 0 spiro atoms. The van der Waals surface area contributed by atoms with E-state index in [-0.39, 0.29) is 0 Å². The second kappa shape index (κ2) is 5.15. The van der Waals surface area contributed by atoms with Crippen molar-refractivity contribution in [1.82, 2.24) is 9.97 Å². The van der Waals surface area contributed by atoms with Gasteiger partial charge >= 0.3 is 0 Å². The van der Waals surface area contributed by atoms with Crippen molar-refractivity contribution in [3.63, 3.8) is 0 Å². The summed E-state index contributed by atoms with van der Waals surface area (Å²) in [6.45, 7) is 2.80. The number of aryl methyl sites for hydroxylation is 1. The second-order valence-corrected chi connectivity index (χ2v) is 5.99. The number of pyridine rings is 1. The molecule has 5 heteroatoms. The summed E-state index contributed by atoms with van der Waals surface area (Å²) < 4.78 is 0.579. The average molecular weight is 290 g/mol. The molecule has 0 aliphatic heterocycles. The Morgan fingerprint density at radius 2 is 2.16 bits per heavy atom. The molecule has 3 nitrogen and oxygen atoms in total. The van der Waals surface area contributed by atoms with Crippen molar-refractivity contribution in [2.24, 2.45) is 0 Å². The zero-order chi connectivity index (χ0) is 13.2.